The Morgan fingerprint density at radius 1 is 0.842 bits per heavy atom. The Morgan fingerprint density at radius 2 is 1.42 bits per heavy atom. The summed E-state index contributed by atoms with van der Waals surface area (Å²) in [5, 5.41) is 3.23. The first-order valence-electron chi connectivity index (χ1n) is 6.94. The zero-order valence-electron chi connectivity index (χ0n) is 12.1. The minimum absolute atomic E-state index is 0.220. The third-order valence-corrected chi connectivity index (χ3v) is 3.77. The average molecular weight is 253 g/mol. The van der Waals surface area contributed by atoms with Gasteiger partial charge in [-0.3, -0.25) is 0 Å². The van der Waals surface area contributed by atoms with E-state index >= 15 is 0 Å². The van der Waals surface area contributed by atoms with Crippen molar-refractivity contribution in [3.8, 4) is 11.1 Å². The van der Waals surface area contributed by atoms with Crippen molar-refractivity contribution in [2.75, 3.05) is 13.6 Å². The molecule has 2 aromatic rings. The Morgan fingerprint density at radius 3 is 2.00 bits per heavy atom. The molecule has 19 heavy (non-hydrogen) atoms. The molecule has 0 atom stereocenters. The maximum Gasteiger partial charge on any atom is -0.00436 e. The standard InChI is InChI=1S/C18H23N/c1-18(2,13-14-19-3)17-11-9-16(10-12-17)15-7-5-4-6-8-15/h4-12,19H,13-14H2,1-3H3. The minimum Gasteiger partial charge on any atom is -0.320 e. The molecule has 1 heteroatoms. The summed E-state index contributed by atoms with van der Waals surface area (Å²) in [6.45, 7) is 5.66. The van der Waals surface area contributed by atoms with Crippen molar-refractivity contribution in [3.05, 3.63) is 60.2 Å². The second-order valence-corrected chi connectivity index (χ2v) is 5.68. The molecule has 2 rings (SSSR count). The van der Waals surface area contributed by atoms with Crippen LogP contribution in [0.1, 0.15) is 25.8 Å². The van der Waals surface area contributed by atoms with Crippen LogP contribution in [0.3, 0.4) is 0 Å². The summed E-state index contributed by atoms with van der Waals surface area (Å²) in [6.07, 6.45) is 1.15. The van der Waals surface area contributed by atoms with E-state index in [0.717, 1.165) is 13.0 Å². The predicted octanol–water partition coefficient (Wildman–Crippen LogP) is 4.24. The highest BCUT2D eigenvalue weighted by Crippen LogP contribution is 2.28. The molecule has 0 radical (unpaired) electrons. The van der Waals surface area contributed by atoms with Crippen LogP contribution in [0.4, 0.5) is 0 Å². The van der Waals surface area contributed by atoms with Crippen molar-refractivity contribution in [2.45, 2.75) is 25.7 Å². The maximum atomic E-state index is 3.23. The van der Waals surface area contributed by atoms with E-state index in [9.17, 15) is 0 Å². The molecule has 0 spiro atoms. The average Bonchev–Trinajstić information content (AvgIpc) is 2.46. The molecular weight excluding hydrogens is 230 g/mol. The molecule has 0 heterocycles. The van der Waals surface area contributed by atoms with Gasteiger partial charge in [0.15, 0.2) is 0 Å². The maximum absolute atomic E-state index is 3.23. The van der Waals surface area contributed by atoms with Crippen LogP contribution in [0, 0.1) is 0 Å². The van der Waals surface area contributed by atoms with Crippen LogP contribution < -0.4 is 5.32 Å². The lowest BCUT2D eigenvalue weighted by Crippen LogP contribution is -2.23. The molecule has 0 saturated heterocycles. The fraction of sp³-hybridized carbons (Fsp3) is 0.333. The van der Waals surface area contributed by atoms with Gasteiger partial charge in [-0.05, 0) is 42.1 Å². The van der Waals surface area contributed by atoms with E-state index in [1.54, 1.807) is 0 Å². The fourth-order valence-corrected chi connectivity index (χ4v) is 2.33. The summed E-state index contributed by atoms with van der Waals surface area (Å²) >= 11 is 0. The SMILES string of the molecule is CNCCC(C)(C)c1ccc(-c2ccccc2)cc1. The molecule has 0 unspecified atom stereocenters. The molecule has 1 N–H and O–H groups in total. The van der Waals surface area contributed by atoms with Gasteiger partial charge in [-0.2, -0.15) is 0 Å². The van der Waals surface area contributed by atoms with Crippen molar-refractivity contribution < 1.29 is 0 Å². The molecule has 0 aliphatic rings. The van der Waals surface area contributed by atoms with Gasteiger partial charge in [-0.25, -0.2) is 0 Å². The Labute approximate surface area is 116 Å². The zero-order valence-corrected chi connectivity index (χ0v) is 12.1. The van der Waals surface area contributed by atoms with Gasteiger partial charge in [0.05, 0.1) is 0 Å². The van der Waals surface area contributed by atoms with E-state index in [4.69, 9.17) is 0 Å². The molecule has 0 aliphatic carbocycles. The smallest absolute Gasteiger partial charge is 0.00436 e. The first-order valence-corrected chi connectivity index (χ1v) is 6.94. The van der Waals surface area contributed by atoms with Crippen LogP contribution in [-0.4, -0.2) is 13.6 Å². The quantitative estimate of drug-likeness (QED) is 0.840. The van der Waals surface area contributed by atoms with E-state index in [2.05, 4.69) is 73.8 Å². The van der Waals surface area contributed by atoms with E-state index in [1.165, 1.54) is 16.7 Å². The third-order valence-electron chi connectivity index (χ3n) is 3.77. The van der Waals surface area contributed by atoms with Crippen LogP contribution in [0.15, 0.2) is 54.6 Å². The molecule has 0 aromatic heterocycles. The van der Waals surface area contributed by atoms with Crippen LogP contribution >= 0.6 is 0 Å². The molecule has 0 bridgehead atoms. The summed E-state index contributed by atoms with van der Waals surface area (Å²) < 4.78 is 0. The summed E-state index contributed by atoms with van der Waals surface area (Å²) in [4.78, 5) is 0. The number of nitrogens with one attached hydrogen (secondary N) is 1. The largest absolute Gasteiger partial charge is 0.320 e. The number of benzene rings is 2. The molecule has 100 valence electrons. The van der Waals surface area contributed by atoms with Gasteiger partial charge >= 0.3 is 0 Å². The lowest BCUT2D eigenvalue weighted by molar-refractivity contribution is 0.469. The molecule has 0 fully saturated rings. The van der Waals surface area contributed by atoms with Crippen molar-refractivity contribution in [1.82, 2.24) is 5.32 Å². The lowest BCUT2D eigenvalue weighted by atomic mass is 9.81. The summed E-state index contributed by atoms with van der Waals surface area (Å²) in [6, 6.07) is 19.5. The highest BCUT2D eigenvalue weighted by molar-refractivity contribution is 5.63. The van der Waals surface area contributed by atoms with Crippen LogP contribution in [0.5, 0.6) is 0 Å². The van der Waals surface area contributed by atoms with E-state index in [0.29, 0.717) is 0 Å². The second-order valence-electron chi connectivity index (χ2n) is 5.68. The molecule has 0 saturated carbocycles. The summed E-state index contributed by atoms with van der Waals surface area (Å²) in [5.74, 6) is 0. The second kappa shape index (κ2) is 6.03. The Hall–Kier alpha value is -1.60. The van der Waals surface area contributed by atoms with Crippen LogP contribution in [-0.2, 0) is 5.41 Å². The van der Waals surface area contributed by atoms with Gasteiger partial charge in [-0.1, -0.05) is 68.4 Å². The predicted molar refractivity (Wildman–Crippen MR) is 83.4 cm³/mol. The van der Waals surface area contributed by atoms with Gasteiger partial charge < -0.3 is 5.32 Å². The van der Waals surface area contributed by atoms with Crippen molar-refractivity contribution in [1.29, 1.82) is 0 Å². The molecule has 0 aliphatic heterocycles. The summed E-state index contributed by atoms with van der Waals surface area (Å²) in [5.41, 5.74) is 4.19. The fourth-order valence-electron chi connectivity index (χ4n) is 2.33. The Balaban J connectivity index is 2.19. The van der Waals surface area contributed by atoms with E-state index in [1.807, 2.05) is 7.05 Å². The third kappa shape index (κ3) is 3.45. The topological polar surface area (TPSA) is 12.0 Å². The molecule has 2 aromatic carbocycles. The van der Waals surface area contributed by atoms with Gasteiger partial charge in [0.1, 0.15) is 0 Å². The van der Waals surface area contributed by atoms with Crippen LogP contribution in [0.25, 0.3) is 11.1 Å². The van der Waals surface area contributed by atoms with E-state index in [-0.39, 0.29) is 5.41 Å². The number of rotatable bonds is 5. The van der Waals surface area contributed by atoms with Gasteiger partial charge in [-0.15, -0.1) is 0 Å². The molecular formula is C18H23N. The lowest BCUT2D eigenvalue weighted by Gasteiger charge is -2.25. The Bertz CT molecular complexity index is 497. The summed E-state index contributed by atoms with van der Waals surface area (Å²) in [7, 11) is 2.01. The first-order chi connectivity index (χ1) is 9.13. The molecule has 0 amide bonds. The normalized spacial score (nSPS) is 11.5. The van der Waals surface area contributed by atoms with Crippen molar-refractivity contribution in [3.63, 3.8) is 0 Å². The van der Waals surface area contributed by atoms with Crippen molar-refractivity contribution in [2.24, 2.45) is 0 Å². The number of hydrogen-bond acceptors (Lipinski definition) is 1. The monoisotopic (exact) mass is 253 g/mol. The highest BCUT2D eigenvalue weighted by Gasteiger charge is 2.19. The Kier molecular flexibility index (Phi) is 4.39. The van der Waals surface area contributed by atoms with Crippen molar-refractivity contribution >= 4 is 0 Å². The number of hydrogen-bond donors (Lipinski definition) is 1. The van der Waals surface area contributed by atoms with Gasteiger partial charge in [0.25, 0.3) is 0 Å². The first kappa shape index (κ1) is 13.8. The van der Waals surface area contributed by atoms with E-state index < -0.39 is 0 Å². The highest BCUT2D eigenvalue weighted by atomic mass is 14.8. The van der Waals surface area contributed by atoms with Crippen LogP contribution in [0.2, 0.25) is 0 Å². The molecule has 1 nitrogen and oxygen atoms in total. The van der Waals surface area contributed by atoms with Gasteiger partial charge in [0.2, 0.25) is 0 Å². The zero-order chi connectivity index (χ0) is 13.7. The minimum atomic E-state index is 0.220. The van der Waals surface area contributed by atoms with Gasteiger partial charge in [0, 0.05) is 0 Å².